The number of fused-ring (bicyclic) bond motifs is 1. The van der Waals surface area contributed by atoms with Gasteiger partial charge in [-0.3, -0.25) is 9.69 Å². The van der Waals surface area contributed by atoms with Gasteiger partial charge in [0.1, 0.15) is 5.75 Å². The second kappa shape index (κ2) is 10.4. The smallest absolute Gasteiger partial charge is 0.264 e. The highest BCUT2D eigenvalue weighted by atomic mass is 32.2. The molecule has 1 aromatic heterocycles. The molecule has 8 heteroatoms. The molecule has 2 atom stereocenters. The van der Waals surface area contributed by atoms with E-state index >= 15 is 0 Å². The lowest BCUT2D eigenvalue weighted by Gasteiger charge is -2.34. The number of hydrogen-bond donors (Lipinski definition) is 0. The third kappa shape index (κ3) is 5.34. The largest absolute Gasteiger partial charge is 0.480 e. The number of aromatic nitrogens is 2. The van der Waals surface area contributed by atoms with Crippen molar-refractivity contribution in [1.82, 2.24) is 19.8 Å². The van der Waals surface area contributed by atoms with Crippen LogP contribution in [0.2, 0.25) is 0 Å². The Bertz CT molecular complexity index is 957. The number of amides is 1. The van der Waals surface area contributed by atoms with Crippen LogP contribution >= 0.6 is 11.8 Å². The fourth-order valence-corrected chi connectivity index (χ4v) is 5.76. The van der Waals surface area contributed by atoms with Crippen LogP contribution in [0.3, 0.4) is 0 Å². The first-order valence-electron chi connectivity index (χ1n) is 12.0. The number of hydrogen-bond acceptors (Lipinski definition) is 7. The first-order valence-corrected chi connectivity index (χ1v) is 13.0. The minimum atomic E-state index is -0.404. The number of nitrogens with zero attached hydrogens (tertiary/aromatic N) is 4. The lowest BCUT2D eigenvalue weighted by Crippen LogP contribution is -2.46. The Morgan fingerprint density at radius 1 is 1.21 bits per heavy atom. The normalized spacial score (nSPS) is 23.2. The van der Waals surface area contributed by atoms with Gasteiger partial charge in [0.2, 0.25) is 0 Å². The lowest BCUT2D eigenvalue weighted by atomic mass is 9.92. The fourth-order valence-electron chi connectivity index (χ4n) is 4.94. The molecule has 3 aliphatic heterocycles. The molecular weight excluding hydrogens is 436 g/mol. The van der Waals surface area contributed by atoms with E-state index in [-0.39, 0.29) is 11.8 Å². The number of piperidine rings is 1. The monoisotopic (exact) mass is 468 g/mol. The zero-order chi connectivity index (χ0) is 22.6. The Balaban J connectivity index is 1.20. The van der Waals surface area contributed by atoms with Crippen molar-refractivity contribution in [1.29, 1.82) is 0 Å². The number of rotatable bonds is 6. The summed E-state index contributed by atoms with van der Waals surface area (Å²) in [5, 5.41) is 0.835. The molecule has 2 saturated heterocycles. The minimum Gasteiger partial charge on any atom is -0.480 e. The fraction of sp³-hybridized carbons (Fsp3) is 0.560. The number of aryl methyl sites for hydroxylation is 1. The summed E-state index contributed by atoms with van der Waals surface area (Å²) in [5.41, 5.74) is 3.32. The number of morpholine rings is 1. The number of carbonyl (C=O) groups is 1. The van der Waals surface area contributed by atoms with Gasteiger partial charge in [-0.25, -0.2) is 9.97 Å². The predicted molar refractivity (Wildman–Crippen MR) is 128 cm³/mol. The average molecular weight is 469 g/mol. The second-order valence-electron chi connectivity index (χ2n) is 9.07. The van der Waals surface area contributed by atoms with Crippen molar-refractivity contribution >= 4 is 17.7 Å². The number of ether oxygens (including phenoxy) is 2. The first-order chi connectivity index (χ1) is 16.2. The number of likely N-dealkylation sites (tertiary alicyclic amines) is 1. The summed E-state index contributed by atoms with van der Waals surface area (Å²) >= 11 is 1.72. The van der Waals surface area contributed by atoms with E-state index in [2.05, 4.69) is 16.8 Å². The zero-order valence-corrected chi connectivity index (χ0v) is 20.1. The Kier molecular flexibility index (Phi) is 7.13. The molecular formula is C25H32N4O3S. The maximum Gasteiger partial charge on any atom is 0.264 e. The summed E-state index contributed by atoms with van der Waals surface area (Å²) in [5.74, 6) is 2.16. The van der Waals surface area contributed by atoms with E-state index in [1.807, 2.05) is 35.4 Å². The van der Waals surface area contributed by atoms with Crippen molar-refractivity contribution in [3.63, 3.8) is 0 Å². The van der Waals surface area contributed by atoms with Crippen LogP contribution in [-0.2, 0) is 16.0 Å². The summed E-state index contributed by atoms with van der Waals surface area (Å²) < 4.78 is 11.4. The van der Waals surface area contributed by atoms with Gasteiger partial charge in [-0.2, -0.15) is 0 Å². The van der Waals surface area contributed by atoms with Crippen molar-refractivity contribution in [2.45, 2.75) is 43.4 Å². The van der Waals surface area contributed by atoms with Crippen molar-refractivity contribution in [3.8, 4) is 5.75 Å². The summed E-state index contributed by atoms with van der Waals surface area (Å²) in [6.45, 7) is 8.24. The van der Waals surface area contributed by atoms with Crippen LogP contribution in [0.25, 0.3) is 0 Å². The molecule has 3 aliphatic rings. The van der Waals surface area contributed by atoms with Crippen molar-refractivity contribution in [2.75, 3.05) is 51.7 Å². The molecule has 1 aromatic carbocycles. The summed E-state index contributed by atoms with van der Waals surface area (Å²) in [4.78, 5) is 27.2. The Morgan fingerprint density at radius 2 is 2.06 bits per heavy atom. The molecule has 176 valence electrons. The van der Waals surface area contributed by atoms with Gasteiger partial charge in [0.15, 0.2) is 11.3 Å². The Hall–Kier alpha value is -2.16. The number of thioether (sulfide) groups is 1. The number of carbonyl (C=O) groups excluding carboxylic acids is 1. The van der Waals surface area contributed by atoms with Gasteiger partial charge >= 0.3 is 0 Å². The highest BCUT2D eigenvalue weighted by Crippen LogP contribution is 2.32. The summed E-state index contributed by atoms with van der Waals surface area (Å²) in [7, 11) is 0. The molecule has 5 rings (SSSR count). The van der Waals surface area contributed by atoms with Gasteiger partial charge in [-0.1, -0.05) is 30.0 Å². The van der Waals surface area contributed by atoms with Gasteiger partial charge in [-0.15, -0.1) is 0 Å². The van der Waals surface area contributed by atoms with E-state index in [1.165, 1.54) is 0 Å². The van der Waals surface area contributed by atoms with E-state index in [0.29, 0.717) is 13.0 Å². The van der Waals surface area contributed by atoms with Crippen LogP contribution in [0.5, 0.6) is 5.75 Å². The second-order valence-corrected chi connectivity index (χ2v) is 10.1. The summed E-state index contributed by atoms with van der Waals surface area (Å²) in [6, 6.07) is 7.95. The standard InChI is InChI=1S/C25H32N4O3S/c1-18-16-26-25(33-14-11-28-9-12-31-13-10-28)27-23(18)20-6-4-8-29(17-20)24(30)22-15-19-5-2-3-7-21(19)32-22/h2-3,5,7,16,20,22H,4,6,8-15,17H2,1H3/t20-,22+/m1/s1. The van der Waals surface area contributed by atoms with Crippen LogP contribution in [0, 0.1) is 6.92 Å². The molecule has 0 N–H and O–H groups in total. The van der Waals surface area contributed by atoms with E-state index < -0.39 is 6.10 Å². The van der Waals surface area contributed by atoms with Gasteiger partial charge < -0.3 is 14.4 Å². The number of para-hydroxylation sites is 1. The summed E-state index contributed by atoms with van der Waals surface area (Å²) in [6.07, 6.45) is 4.23. The first kappa shape index (κ1) is 22.6. The molecule has 1 amide bonds. The maximum absolute atomic E-state index is 13.2. The lowest BCUT2D eigenvalue weighted by molar-refractivity contribution is -0.139. The van der Waals surface area contributed by atoms with Crippen LogP contribution in [0.15, 0.2) is 35.6 Å². The van der Waals surface area contributed by atoms with Gasteiger partial charge in [0, 0.05) is 57.0 Å². The highest BCUT2D eigenvalue weighted by molar-refractivity contribution is 7.99. The molecule has 4 heterocycles. The average Bonchev–Trinajstić information content (AvgIpc) is 3.30. The minimum absolute atomic E-state index is 0.0997. The Morgan fingerprint density at radius 3 is 2.91 bits per heavy atom. The quantitative estimate of drug-likeness (QED) is 0.477. The molecule has 0 aliphatic carbocycles. The molecule has 33 heavy (non-hydrogen) atoms. The molecule has 7 nitrogen and oxygen atoms in total. The van der Waals surface area contributed by atoms with Crippen molar-refractivity contribution in [3.05, 3.63) is 47.3 Å². The number of benzene rings is 1. The molecule has 0 unspecified atom stereocenters. The molecule has 2 aromatic rings. The van der Waals surface area contributed by atoms with E-state index in [0.717, 1.165) is 85.7 Å². The Labute approximate surface area is 199 Å². The molecule has 0 spiro atoms. The van der Waals surface area contributed by atoms with Crippen molar-refractivity contribution in [2.24, 2.45) is 0 Å². The van der Waals surface area contributed by atoms with Gasteiger partial charge in [0.25, 0.3) is 5.91 Å². The molecule has 0 bridgehead atoms. The van der Waals surface area contributed by atoms with Gasteiger partial charge in [-0.05, 0) is 37.0 Å². The van der Waals surface area contributed by atoms with Crippen LogP contribution in [-0.4, -0.2) is 83.5 Å². The van der Waals surface area contributed by atoms with E-state index in [4.69, 9.17) is 14.5 Å². The van der Waals surface area contributed by atoms with Gasteiger partial charge in [0.05, 0.1) is 18.9 Å². The van der Waals surface area contributed by atoms with Crippen molar-refractivity contribution < 1.29 is 14.3 Å². The molecule has 0 radical (unpaired) electrons. The molecule has 0 saturated carbocycles. The van der Waals surface area contributed by atoms with E-state index in [9.17, 15) is 4.79 Å². The van der Waals surface area contributed by atoms with E-state index in [1.54, 1.807) is 11.8 Å². The third-order valence-corrected chi connectivity index (χ3v) is 7.62. The van der Waals surface area contributed by atoms with Crippen LogP contribution in [0.4, 0.5) is 0 Å². The molecule has 2 fully saturated rings. The maximum atomic E-state index is 13.2. The van der Waals surface area contributed by atoms with Crippen LogP contribution < -0.4 is 4.74 Å². The topological polar surface area (TPSA) is 67.8 Å². The SMILES string of the molecule is Cc1cnc(SCCN2CCOCC2)nc1[C@@H]1CCCN(C(=O)[C@@H]2Cc3ccccc3O2)C1. The third-order valence-electron chi connectivity index (χ3n) is 6.77. The van der Waals surface area contributed by atoms with Crippen LogP contribution in [0.1, 0.15) is 35.6 Å². The predicted octanol–water partition coefficient (Wildman–Crippen LogP) is 2.92. The highest BCUT2D eigenvalue weighted by Gasteiger charge is 2.35. The zero-order valence-electron chi connectivity index (χ0n) is 19.2.